The van der Waals surface area contributed by atoms with Crippen molar-refractivity contribution < 1.29 is 13.2 Å². The Morgan fingerprint density at radius 1 is 1.23 bits per heavy atom. The number of sulfonamides is 1. The first-order valence-corrected chi connectivity index (χ1v) is 8.86. The van der Waals surface area contributed by atoms with Crippen LogP contribution in [0.25, 0.3) is 0 Å². The maximum atomic E-state index is 12.3. The summed E-state index contributed by atoms with van der Waals surface area (Å²) < 4.78 is 26.9. The summed E-state index contributed by atoms with van der Waals surface area (Å²) in [6, 6.07) is 0. The molecule has 0 fully saturated rings. The van der Waals surface area contributed by atoms with E-state index in [9.17, 15) is 13.2 Å². The van der Waals surface area contributed by atoms with Crippen molar-refractivity contribution in [2.45, 2.75) is 44.8 Å². The van der Waals surface area contributed by atoms with E-state index in [1.807, 2.05) is 6.92 Å². The van der Waals surface area contributed by atoms with Crippen LogP contribution >= 0.6 is 0 Å². The predicted molar refractivity (Wildman–Crippen MR) is 84.1 cm³/mol. The van der Waals surface area contributed by atoms with Crippen molar-refractivity contribution in [1.29, 1.82) is 0 Å². The summed E-state index contributed by atoms with van der Waals surface area (Å²) in [6.07, 6.45) is 3.92. The number of anilines is 1. The number of nitrogens with one attached hydrogen (secondary N) is 1. The molecule has 1 aromatic rings. The second kappa shape index (κ2) is 6.20. The Bertz CT molecular complexity index is 686. The van der Waals surface area contributed by atoms with E-state index in [0.717, 1.165) is 42.6 Å². The van der Waals surface area contributed by atoms with Crippen LogP contribution in [0.3, 0.4) is 0 Å². The largest absolute Gasteiger partial charge is 0.348 e. The standard InChI is InChI=1S/C14H22N4O3S/c1-9-11-7-5-6-8-12(11)16-14(15-9)17-22(20,21)10(2)13(19)18(3)4/h10H,5-8H2,1-4H3,(H,15,16,17). The molecular formula is C14H22N4O3S. The lowest BCUT2D eigenvalue weighted by Crippen LogP contribution is -2.40. The predicted octanol–water partition coefficient (Wildman–Crippen LogP) is 0.882. The van der Waals surface area contributed by atoms with Crippen molar-refractivity contribution in [1.82, 2.24) is 14.9 Å². The maximum absolute atomic E-state index is 12.3. The molecule has 22 heavy (non-hydrogen) atoms. The number of aryl methyl sites for hydroxylation is 2. The molecule has 1 amide bonds. The van der Waals surface area contributed by atoms with Gasteiger partial charge in [0.1, 0.15) is 0 Å². The van der Waals surface area contributed by atoms with Crippen molar-refractivity contribution in [3.05, 3.63) is 17.0 Å². The Morgan fingerprint density at radius 3 is 2.50 bits per heavy atom. The van der Waals surface area contributed by atoms with E-state index in [1.165, 1.54) is 25.9 Å². The van der Waals surface area contributed by atoms with Crippen LogP contribution in [-0.4, -0.2) is 48.5 Å². The zero-order valence-electron chi connectivity index (χ0n) is 13.4. The second-order valence-corrected chi connectivity index (χ2v) is 7.79. The topological polar surface area (TPSA) is 92.3 Å². The van der Waals surface area contributed by atoms with Crippen LogP contribution in [0.5, 0.6) is 0 Å². The number of nitrogens with zero attached hydrogens (tertiary/aromatic N) is 3. The van der Waals surface area contributed by atoms with Gasteiger partial charge in [0.05, 0.1) is 0 Å². The van der Waals surface area contributed by atoms with Gasteiger partial charge in [-0.05, 0) is 45.1 Å². The van der Waals surface area contributed by atoms with Gasteiger partial charge in [0.15, 0.2) is 5.25 Å². The lowest BCUT2D eigenvalue weighted by molar-refractivity contribution is -0.127. The monoisotopic (exact) mass is 326 g/mol. The molecule has 0 saturated carbocycles. The summed E-state index contributed by atoms with van der Waals surface area (Å²) in [7, 11) is -0.824. The van der Waals surface area contributed by atoms with Crippen molar-refractivity contribution >= 4 is 21.9 Å². The number of aromatic nitrogens is 2. The van der Waals surface area contributed by atoms with Gasteiger partial charge in [0.25, 0.3) is 0 Å². The third kappa shape index (κ3) is 3.37. The van der Waals surface area contributed by atoms with Crippen LogP contribution in [-0.2, 0) is 27.7 Å². The Morgan fingerprint density at radius 2 is 1.86 bits per heavy atom. The lowest BCUT2D eigenvalue weighted by atomic mass is 9.95. The van der Waals surface area contributed by atoms with Gasteiger partial charge in [-0.1, -0.05) is 0 Å². The average molecular weight is 326 g/mol. The summed E-state index contributed by atoms with van der Waals surface area (Å²) in [6.45, 7) is 3.22. The Kier molecular flexibility index (Phi) is 4.69. The van der Waals surface area contributed by atoms with Crippen LogP contribution in [0.4, 0.5) is 5.95 Å². The van der Waals surface area contributed by atoms with E-state index in [0.29, 0.717) is 0 Å². The van der Waals surface area contributed by atoms with Gasteiger partial charge in [-0.3, -0.25) is 9.52 Å². The first-order chi connectivity index (χ1) is 10.2. The molecule has 0 aromatic carbocycles. The SMILES string of the molecule is Cc1nc(NS(=O)(=O)C(C)C(=O)N(C)C)nc2c1CCCC2. The third-order valence-corrected chi connectivity index (χ3v) is 5.48. The highest BCUT2D eigenvalue weighted by atomic mass is 32.2. The third-order valence-electron chi connectivity index (χ3n) is 3.88. The number of carbonyl (C=O) groups excluding carboxylic acids is 1. The fourth-order valence-electron chi connectivity index (χ4n) is 2.54. The van der Waals surface area contributed by atoms with Gasteiger partial charge in [-0.15, -0.1) is 0 Å². The molecule has 8 heteroatoms. The van der Waals surface area contributed by atoms with Crippen LogP contribution in [0.15, 0.2) is 0 Å². The summed E-state index contributed by atoms with van der Waals surface area (Å²) in [4.78, 5) is 21.6. The Balaban J connectivity index is 2.27. The number of carbonyl (C=O) groups is 1. The number of rotatable bonds is 4. The van der Waals surface area contributed by atoms with Crippen molar-refractivity contribution in [2.24, 2.45) is 0 Å². The molecule has 1 aliphatic carbocycles. The molecule has 1 N–H and O–H groups in total. The zero-order chi connectivity index (χ0) is 16.5. The van der Waals surface area contributed by atoms with Crippen LogP contribution in [0.1, 0.15) is 36.7 Å². The molecule has 1 atom stereocenters. The van der Waals surface area contributed by atoms with E-state index in [1.54, 1.807) is 0 Å². The number of hydrogen-bond acceptors (Lipinski definition) is 5. The second-order valence-electron chi connectivity index (χ2n) is 5.79. The van der Waals surface area contributed by atoms with Crippen LogP contribution in [0, 0.1) is 6.92 Å². The van der Waals surface area contributed by atoms with Gasteiger partial charge in [0, 0.05) is 25.5 Å². The lowest BCUT2D eigenvalue weighted by Gasteiger charge is -2.20. The zero-order valence-corrected chi connectivity index (χ0v) is 14.2. The van der Waals surface area contributed by atoms with Gasteiger partial charge in [0.2, 0.25) is 21.9 Å². The van der Waals surface area contributed by atoms with Gasteiger partial charge >= 0.3 is 0 Å². The summed E-state index contributed by atoms with van der Waals surface area (Å²) in [5, 5.41) is -1.19. The van der Waals surface area contributed by atoms with Gasteiger partial charge in [-0.25, -0.2) is 18.4 Å². The minimum absolute atomic E-state index is 0.0524. The van der Waals surface area contributed by atoms with Crippen LogP contribution < -0.4 is 4.72 Å². The molecule has 122 valence electrons. The highest BCUT2D eigenvalue weighted by Crippen LogP contribution is 2.23. The smallest absolute Gasteiger partial charge is 0.246 e. The van der Waals surface area contributed by atoms with E-state index < -0.39 is 21.2 Å². The molecule has 0 spiro atoms. The van der Waals surface area contributed by atoms with E-state index >= 15 is 0 Å². The summed E-state index contributed by atoms with van der Waals surface area (Å²) >= 11 is 0. The Hall–Kier alpha value is -1.70. The fourth-order valence-corrected chi connectivity index (χ4v) is 3.54. The number of amides is 1. The quantitative estimate of drug-likeness (QED) is 0.887. The molecule has 0 radical (unpaired) electrons. The van der Waals surface area contributed by atoms with E-state index in [-0.39, 0.29) is 5.95 Å². The molecular weight excluding hydrogens is 304 g/mol. The Labute approximate surface area is 131 Å². The van der Waals surface area contributed by atoms with E-state index in [4.69, 9.17) is 0 Å². The van der Waals surface area contributed by atoms with Gasteiger partial charge < -0.3 is 4.90 Å². The number of fused-ring (bicyclic) bond motifs is 1. The van der Waals surface area contributed by atoms with Gasteiger partial charge in [-0.2, -0.15) is 0 Å². The van der Waals surface area contributed by atoms with E-state index in [2.05, 4.69) is 14.7 Å². The molecule has 1 aliphatic rings. The molecule has 1 aromatic heterocycles. The first kappa shape index (κ1) is 16.7. The highest BCUT2D eigenvalue weighted by Gasteiger charge is 2.30. The summed E-state index contributed by atoms with van der Waals surface area (Å²) in [5.74, 6) is -0.432. The van der Waals surface area contributed by atoms with Crippen molar-refractivity contribution in [3.63, 3.8) is 0 Å². The maximum Gasteiger partial charge on any atom is 0.246 e. The molecule has 1 heterocycles. The number of hydrogen-bond donors (Lipinski definition) is 1. The summed E-state index contributed by atoms with van der Waals surface area (Å²) in [5.41, 5.74) is 2.82. The van der Waals surface area contributed by atoms with Crippen molar-refractivity contribution in [3.8, 4) is 0 Å². The molecule has 0 aliphatic heterocycles. The minimum atomic E-state index is -3.87. The van der Waals surface area contributed by atoms with Crippen LogP contribution in [0.2, 0.25) is 0 Å². The van der Waals surface area contributed by atoms with Crippen molar-refractivity contribution in [2.75, 3.05) is 18.8 Å². The molecule has 2 rings (SSSR count). The average Bonchev–Trinajstić information content (AvgIpc) is 2.45. The minimum Gasteiger partial charge on any atom is -0.348 e. The molecule has 0 bridgehead atoms. The first-order valence-electron chi connectivity index (χ1n) is 7.31. The molecule has 0 saturated heterocycles. The molecule has 7 nitrogen and oxygen atoms in total. The highest BCUT2D eigenvalue weighted by molar-refractivity contribution is 7.94. The fraction of sp³-hybridized carbons (Fsp3) is 0.643. The molecule has 1 unspecified atom stereocenters. The normalized spacial score (nSPS) is 15.8.